The molecule has 7 nitrogen and oxygen atoms in total. The van der Waals surface area contributed by atoms with Crippen LogP contribution in [0.15, 0.2) is 71.3 Å². The minimum Gasteiger partial charge on any atom is -0.508 e. The number of amides is 3. The van der Waals surface area contributed by atoms with Crippen molar-refractivity contribution in [2.45, 2.75) is 32.5 Å². The van der Waals surface area contributed by atoms with Gasteiger partial charge in [-0.3, -0.25) is 4.79 Å². The third-order valence-corrected chi connectivity index (χ3v) is 5.32. The molecule has 0 radical (unpaired) electrons. The summed E-state index contributed by atoms with van der Waals surface area (Å²) in [7, 11) is 0. The number of carbonyl (C=O) groups is 2. The van der Waals surface area contributed by atoms with Gasteiger partial charge in [0.2, 0.25) is 5.91 Å². The maximum Gasteiger partial charge on any atom is 0.322 e. The first kappa shape index (κ1) is 20.5. The fraction of sp³-hybridized carbons (Fsp3) is 0.250. The molecular weight excluding hydrogens is 394 g/mol. The SMILES string of the molecule is O=C1CCCN1Cc1ccc(NC(=O)N(Cc2ccco2)Cc2ccccc2O)cc1. The van der Waals surface area contributed by atoms with Crippen LogP contribution in [0.4, 0.5) is 10.5 Å². The first-order chi connectivity index (χ1) is 15.1. The maximum absolute atomic E-state index is 13.0. The minimum absolute atomic E-state index is 0.139. The number of carbonyl (C=O) groups excluding carboxylic acids is 2. The fourth-order valence-corrected chi connectivity index (χ4v) is 3.63. The molecule has 3 amide bonds. The molecular formula is C24H25N3O4. The quantitative estimate of drug-likeness (QED) is 0.596. The third kappa shape index (κ3) is 5.25. The highest BCUT2D eigenvalue weighted by molar-refractivity contribution is 5.89. The van der Waals surface area contributed by atoms with Crippen molar-refractivity contribution in [3.05, 3.63) is 83.8 Å². The van der Waals surface area contributed by atoms with Crippen LogP contribution in [-0.4, -0.2) is 33.4 Å². The molecule has 1 aliphatic heterocycles. The fourth-order valence-electron chi connectivity index (χ4n) is 3.63. The Morgan fingerprint density at radius 2 is 1.87 bits per heavy atom. The highest BCUT2D eigenvalue weighted by Crippen LogP contribution is 2.21. The Bertz CT molecular complexity index is 1030. The summed E-state index contributed by atoms with van der Waals surface area (Å²) in [5, 5.41) is 13.0. The lowest BCUT2D eigenvalue weighted by Crippen LogP contribution is -2.34. The van der Waals surface area contributed by atoms with E-state index in [4.69, 9.17) is 4.42 Å². The number of phenolic OH excluding ortho intramolecular Hbond substituents is 1. The lowest BCUT2D eigenvalue weighted by Gasteiger charge is -2.23. The molecule has 1 saturated heterocycles. The van der Waals surface area contributed by atoms with Crippen LogP contribution in [0.25, 0.3) is 0 Å². The minimum atomic E-state index is -0.304. The Morgan fingerprint density at radius 1 is 1.06 bits per heavy atom. The summed E-state index contributed by atoms with van der Waals surface area (Å²) in [6.07, 6.45) is 3.10. The molecule has 2 N–H and O–H groups in total. The molecule has 2 heterocycles. The predicted octanol–water partition coefficient (Wildman–Crippen LogP) is 4.34. The molecule has 1 aromatic heterocycles. The molecule has 2 aromatic carbocycles. The van der Waals surface area contributed by atoms with Gasteiger partial charge in [-0.25, -0.2) is 4.79 Å². The number of anilines is 1. The van der Waals surface area contributed by atoms with Gasteiger partial charge in [-0.05, 0) is 42.3 Å². The van der Waals surface area contributed by atoms with Crippen LogP contribution in [0.3, 0.4) is 0 Å². The van der Waals surface area contributed by atoms with Gasteiger partial charge in [0.1, 0.15) is 11.5 Å². The Balaban J connectivity index is 1.43. The zero-order valence-corrected chi connectivity index (χ0v) is 17.2. The molecule has 0 aliphatic carbocycles. The number of rotatable bonds is 7. The van der Waals surface area contributed by atoms with E-state index in [1.54, 1.807) is 41.5 Å². The topological polar surface area (TPSA) is 86.0 Å². The monoisotopic (exact) mass is 419 g/mol. The summed E-state index contributed by atoms with van der Waals surface area (Å²) in [4.78, 5) is 28.2. The lowest BCUT2D eigenvalue weighted by atomic mass is 10.2. The Kier molecular flexibility index (Phi) is 6.21. The van der Waals surface area contributed by atoms with E-state index in [1.165, 1.54) is 0 Å². The number of phenols is 1. The van der Waals surface area contributed by atoms with E-state index in [0.29, 0.717) is 30.0 Å². The molecule has 7 heteroatoms. The highest BCUT2D eigenvalue weighted by Gasteiger charge is 2.20. The van der Waals surface area contributed by atoms with E-state index < -0.39 is 0 Å². The van der Waals surface area contributed by atoms with E-state index in [-0.39, 0.29) is 30.8 Å². The predicted molar refractivity (Wildman–Crippen MR) is 116 cm³/mol. The summed E-state index contributed by atoms with van der Waals surface area (Å²) < 4.78 is 5.40. The maximum atomic E-state index is 13.0. The molecule has 0 unspecified atom stereocenters. The van der Waals surface area contributed by atoms with E-state index in [2.05, 4.69) is 5.32 Å². The summed E-state index contributed by atoms with van der Waals surface area (Å²) in [6, 6.07) is 17.7. The van der Waals surface area contributed by atoms with E-state index in [1.807, 2.05) is 35.2 Å². The summed E-state index contributed by atoms with van der Waals surface area (Å²) in [6.45, 7) is 1.88. The van der Waals surface area contributed by atoms with Gasteiger partial charge in [0.25, 0.3) is 0 Å². The molecule has 0 bridgehead atoms. The summed E-state index contributed by atoms with van der Waals surface area (Å²) in [5.74, 6) is 0.979. The standard InChI is InChI=1S/C24H25N3O4/c28-22-7-2-1-5-19(22)16-27(17-21-6-4-14-31-21)24(30)25-20-11-9-18(10-12-20)15-26-13-3-8-23(26)29/h1-2,4-7,9-12,14,28H,3,8,13,15-17H2,(H,25,30). The van der Waals surface area contributed by atoms with Crippen LogP contribution in [0.5, 0.6) is 5.75 Å². The van der Waals surface area contributed by atoms with Crippen molar-refractivity contribution in [2.24, 2.45) is 0 Å². The molecule has 1 aliphatic rings. The number of likely N-dealkylation sites (tertiary alicyclic amines) is 1. The van der Waals surface area contributed by atoms with Crippen molar-refractivity contribution in [1.29, 1.82) is 0 Å². The molecule has 1 fully saturated rings. The van der Waals surface area contributed by atoms with Crippen LogP contribution in [0.1, 0.15) is 29.7 Å². The number of hydrogen-bond acceptors (Lipinski definition) is 4. The van der Waals surface area contributed by atoms with Gasteiger partial charge in [-0.15, -0.1) is 0 Å². The number of nitrogens with one attached hydrogen (secondary N) is 1. The normalized spacial score (nSPS) is 13.4. The molecule has 3 aromatic rings. The number of furan rings is 1. The number of hydrogen-bond donors (Lipinski definition) is 2. The van der Waals surface area contributed by atoms with Gasteiger partial charge in [0, 0.05) is 30.8 Å². The van der Waals surface area contributed by atoms with Crippen molar-refractivity contribution >= 4 is 17.6 Å². The Labute approximate surface area is 180 Å². The largest absolute Gasteiger partial charge is 0.508 e. The van der Waals surface area contributed by atoms with Crippen LogP contribution in [-0.2, 0) is 24.4 Å². The van der Waals surface area contributed by atoms with Gasteiger partial charge in [-0.2, -0.15) is 0 Å². The average Bonchev–Trinajstić information content (AvgIpc) is 3.42. The first-order valence-electron chi connectivity index (χ1n) is 10.3. The second kappa shape index (κ2) is 9.38. The third-order valence-electron chi connectivity index (χ3n) is 5.32. The Morgan fingerprint density at radius 3 is 2.55 bits per heavy atom. The molecule has 0 saturated carbocycles. The van der Waals surface area contributed by atoms with Crippen LogP contribution in [0.2, 0.25) is 0 Å². The molecule has 0 spiro atoms. The molecule has 4 rings (SSSR count). The van der Waals surface area contributed by atoms with Gasteiger partial charge in [0.05, 0.1) is 19.4 Å². The van der Waals surface area contributed by atoms with Gasteiger partial charge >= 0.3 is 6.03 Å². The van der Waals surface area contributed by atoms with Crippen LogP contribution in [0, 0.1) is 0 Å². The van der Waals surface area contributed by atoms with Gasteiger partial charge < -0.3 is 24.6 Å². The molecule has 160 valence electrons. The smallest absolute Gasteiger partial charge is 0.322 e. The number of urea groups is 1. The zero-order chi connectivity index (χ0) is 21.6. The molecule has 31 heavy (non-hydrogen) atoms. The number of para-hydroxylation sites is 1. The number of nitrogens with zero attached hydrogens (tertiary/aromatic N) is 2. The van der Waals surface area contributed by atoms with Crippen molar-refractivity contribution in [1.82, 2.24) is 9.80 Å². The first-order valence-corrected chi connectivity index (χ1v) is 10.3. The highest BCUT2D eigenvalue weighted by atomic mass is 16.3. The summed E-state index contributed by atoms with van der Waals surface area (Å²) in [5.41, 5.74) is 2.33. The lowest BCUT2D eigenvalue weighted by molar-refractivity contribution is -0.128. The second-order valence-corrected chi connectivity index (χ2v) is 7.61. The van der Waals surface area contributed by atoms with Crippen LogP contribution < -0.4 is 5.32 Å². The van der Waals surface area contributed by atoms with Crippen molar-refractivity contribution in [3.63, 3.8) is 0 Å². The van der Waals surface area contributed by atoms with E-state index >= 15 is 0 Å². The van der Waals surface area contributed by atoms with Gasteiger partial charge in [0.15, 0.2) is 0 Å². The van der Waals surface area contributed by atoms with E-state index in [9.17, 15) is 14.7 Å². The number of aromatic hydroxyl groups is 1. The second-order valence-electron chi connectivity index (χ2n) is 7.61. The van der Waals surface area contributed by atoms with Crippen LogP contribution >= 0.6 is 0 Å². The van der Waals surface area contributed by atoms with Crippen molar-refractivity contribution in [2.75, 3.05) is 11.9 Å². The number of benzene rings is 2. The zero-order valence-electron chi connectivity index (χ0n) is 17.2. The Hall–Kier alpha value is -3.74. The van der Waals surface area contributed by atoms with Crippen molar-refractivity contribution < 1.29 is 19.1 Å². The molecule has 0 atom stereocenters. The van der Waals surface area contributed by atoms with Gasteiger partial charge in [-0.1, -0.05) is 30.3 Å². The van der Waals surface area contributed by atoms with Crippen molar-refractivity contribution in [3.8, 4) is 5.75 Å². The average molecular weight is 419 g/mol. The summed E-state index contributed by atoms with van der Waals surface area (Å²) >= 11 is 0. The van der Waals surface area contributed by atoms with E-state index in [0.717, 1.165) is 18.5 Å².